The number of halogens is 1. The summed E-state index contributed by atoms with van der Waals surface area (Å²) in [5.41, 5.74) is 1.18. The van der Waals surface area contributed by atoms with Gasteiger partial charge in [0.05, 0.1) is 0 Å². The molecule has 0 saturated heterocycles. The number of unbranched alkanes of at least 4 members (excludes halogenated alkanes) is 10. The number of benzene rings is 1. The summed E-state index contributed by atoms with van der Waals surface area (Å²) in [6.07, 6.45) is 16.0. The highest BCUT2D eigenvalue weighted by atomic mass is 35.5. The lowest BCUT2D eigenvalue weighted by atomic mass is 10.1. The van der Waals surface area contributed by atoms with E-state index >= 15 is 0 Å². The number of nitrogens with zero attached hydrogens (tertiary/aromatic N) is 1. The predicted molar refractivity (Wildman–Crippen MR) is 114 cm³/mol. The molecule has 1 N–H and O–H groups in total. The first kappa shape index (κ1) is 24.1. The van der Waals surface area contributed by atoms with Gasteiger partial charge in [-0.25, -0.2) is 0 Å². The summed E-state index contributed by atoms with van der Waals surface area (Å²) in [5.74, 6) is 0.378. The topological polar surface area (TPSA) is 23.5 Å². The second-order valence-electron chi connectivity index (χ2n) is 7.04. The maximum Gasteiger partial charge on any atom is 0.117 e. The van der Waals surface area contributed by atoms with Crippen molar-refractivity contribution in [1.29, 1.82) is 0 Å². The molecule has 1 rings (SSSR count). The number of anilines is 1. The third-order valence-electron chi connectivity index (χ3n) is 4.76. The molecule has 0 bridgehead atoms. The van der Waals surface area contributed by atoms with Crippen molar-refractivity contribution in [3.8, 4) is 5.75 Å². The molecule has 1 aromatic carbocycles. The van der Waals surface area contributed by atoms with E-state index in [1.54, 1.807) is 6.07 Å². The second kappa shape index (κ2) is 16.6. The quantitative estimate of drug-likeness (QED) is 0.327. The van der Waals surface area contributed by atoms with E-state index in [9.17, 15) is 5.11 Å². The zero-order valence-electron chi connectivity index (χ0n) is 16.5. The number of phenolic OH excluding ortho intramolecular Hbond substituents is 1. The minimum absolute atomic E-state index is 0. The maximum absolute atomic E-state index is 9.77. The molecule has 0 aliphatic rings. The molecule has 25 heavy (non-hydrogen) atoms. The molecule has 0 saturated carbocycles. The van der Waals surface area contributed by atoms with Crippen LogP contribution in [0, 0.1) is 0 Å². The van der Waals surface area contributed by atoms with E-state index in [0.717, 1.165) is 13.1 Å². The van der Waals surface area contributed by atoms with Crippen LogP contribution < -0.4 is 4.90 Å². The van der Waals surface area contributed by atoms with Gasteiger partial charge < -0.3 is 10.0 Å². The standard InChI is InChI=1S/C22H39NO.ClH/c1-3-5-7-9-11-13-18-23(19-14-12-10-8-6-4-2)21-16-15-17-22(24)20-21;/h15-17,20,24H,3-14,18-19H2,1-2H3;1H. The molecule has 0 radical (unpaired) electrons. The van der Waals surface area contributed by atoms with Crippen molar-refractivity contribution in [2.45, 2.75) is 90.9 Å². The van der Waals surface area contributed by atoms with Crippen LogP contribution in [0.3, 0.4) is 0 Å². The Hall–Kier alpha value is -0.890. The van der Waals surface area contributed by atoms with Crippen LogP contribution in [0.15, 0.2) is 24.3 Å². The van der Waals surface area contributed by atoms with Crippen molar-refractivity contribution >= 4 is 18.1 Å². The van der Waals surface area contributed by atoms with Crippen LogP contribution in [0.2, 0.25) is 0 Å². The first-order chi connectivity index (χ1) is 11.8. The van der Waals surface area contributed by atoms with Crippen molar-refractivity contribution in [3.63, 3.8) is 0 Å². The molecule has 0 fully saturated rings. The van der Waals surface area contributed by atoms with Gasteiger partial charge in [-0.05, 0) is 25.0 Å². The molecule has 0 atom stereocenters. The summed E-state index contributed by atoms with van der Waals surface area (Å²) < 4.78 is 0. The number of hydrogen-bond acceptors (Lipinski definition) is 2. The Balaban J connectivity index is 0.00000576. The summed E-state index contributed by atoms with van der Waals surface area (Å²) >= 11 is 0. The van der Waals surface area contributed by atoms with Gasteiger partial charge in [-0.3, -0.25) is 0 Å². The van der Waals surface area contributed by atoms with Gasteiger partial charge in [0.25, 0.3) is 0 Å². The average Bonchev–Trinajstić information content (AvgIpc) is 2.59. The highest BCUT2D eigenvalue weighted by Crippen LogP contribution is 2.21. The lowest BCUT2D eigenvalue weighted by Gasteiger charge is -2.25. The highest BCUT2D eigenvalue weighted by Gasteiger charge is 2.07. The molecule has 2 nitrogen and oxygen atoms in total. The van der Waals surface area contributed by atoms with Crippen molar-refractivity contribution in [2.24, 2.45) is 0 Å². The number of rotatable bonds is 15. The molecule has 0 aliphatic carbocycles. The van der Waals surface area contributed by atoms with Crippen LogP contribution in [0.1, 0.15) is 90.9 Å². The predicted octanol–water partition coefficient (Wildman–Crippen LogP) is 7.34. The van der Waals surface area contributed by atoms with Crippen LogP contribution in [0.5, 0.6) is 5.75 Å². The summed E-state index contributed by atoms with van der Waals surface area (Å²) in [4.78, 5) is 2.47. The Bertz CT molecular complexity index is 395. The Morgan fingerprint density at radius 1 is 0.720 bits per heavy atom. The number of aromatic hydroxyl groups is 1. The minimum Gasteiger partial charge on any atom is -0.508 e. The number of phenols is 1. The fraction of sp³-hybridized carbons (Fsp3) is 0.727. The van der Waals surface area contributed by atoms with E-state index in [2.05, 4.69) is 24.8 Å². The van der Waals surface area contributed by atoms with Crippen LogP contribution in [0.25, 0.3) is 0 Å². The summed E-state index contributed by atoms with van der Waals surface area (Å²) in [5, 5.41) is 9.77. The SMILES string of the molecule is CCCCCCCCN(CCCCCCCC)c1cccc(O)c1.Cl. The lowest BCUT2D eigenvalue weighted by molar-refractivity contribution is 0.475. The molecule has 0 heterocycles. The fourth-order valence-corrected chi connectivity index (χ4v) is 3.23. The Morgan fingerprint density at radius 3 is 1.68 bits per heavy atom. The van der Waals surface area contributed by atoms with E-state index in [0.29, 0.717) is 5.75 Å². The third kappa shape index (κ3) is 12.2. The molecule has 0 amide bonds. The smallest absolute Gasteiger partial charge is 0.117 e. The van der Waals surface area contributed by atoms with E-state index in [4.69, 9.17) is 0 Å². The molecule has 0 spiro atoms. The lowest BCUT2D eigenvalue weighted by Crippen LogP contribution is -2.25. The maximum atomic E-state index is 9.77. The first-order valence-corrected chi connectivity index (χ1v) is 10.3. The van der Waals surface area contributed by atoms with Gasteiger partial charge in [-0.15, -0.1) is 12.4 Å². The van der Waals surface area contributed by atoms with Crippen LogP contribution >= 0.6 is 12.4 Å². The van der Waals surface area contributed by atoms with Crippen molar-refractivity contribution < 1.29 is 5.11 Å². The van der Waals surface area contributed by atoms with E-state index in [1.807, 2.05) is 12.1 Å². The zero-order valence-corrected chi connectivity index (χ0v) is 17.3. The summed E-state index contributed by atoms with van der Waals surface area (Å²) in [6, 6.07) is 7.76. The third-order valence-corrected chi connectivity index (χ3v) is 4.76. The van der Waals surface area contributed by atoms with Gasteiger partial charge in [-0.1, -0.05) is 84.1 Å². The van der Waals surface area contributed by atoms with Crippen LogP contribution in [-0.2, 0) is 0 Å². The summed E-state index contributed by atoms with van der Waals surface area (Å²) in [7, 11) is 0. The van der Waals surface area contributed by atoms with Gasteiger partial charge in [0.1, 0.15) is 5.75 Å². The minimum atomic E-state index is 0. The Kier molecular flexibility index (Phi) is 16.0. The molecular formula is C22H40ClNO. The van der Waals surface area contributed by atoms with Crippen LogP contribution in [0.4, 0.5) is 5.69 Å². The van der Waals surface area contributed by atoms with E-state index in [1.165, 1.54) is 82.7 Å². The molecule has 3 heteroatoms. The van der Waals surface area contributed by atoms with Crippen molar-refractivity contribution in [1.82, 2.24) is 0 Å². The zero-order chi connectivity index (χ0) is 17.5. The van der Waals surface area contributed by atoms with Gasteiger partial charge >= 0.3 is 0 Å². The van der Waals surface area contributed by atoms with Gasteiger partial charge in [0.15, 0.2) is 0 Å². The molecule has 0 unspecified atom stereocenters. The molecule has 1 aromatic rings. The Labute approximate surface area is 162 Å². The van der Waals surface area contributed by atoms with Crippen LogP contribution in [-0.4, -0.2) is 18.2 Å². The first-order valence-electron chi connectivity index (χ1n) is 10.3. The van der Waals surface area contributed by atoms with Crippen molar-refractivity contribution in [2.75, 3.05) is 18.0 Å². The molecule has 0 aliphatic heterocycles. The van der Waals surface area contributed by atoms with Gasteiger partial charge in [-0.2, -0.15) is 0 Å². The largest absolute Gasteiger partial charge is 0.508 e. The average molecular weight is 370 g/mol. The monoisotopic (exact) mass is 369 g/mol. The highest BCUT2D eigenvalue weighted by molar-refractivity contribution is 5.85. The summed E-state index contributed by atoms with van der Waals surface area (Å²) in [6.45, 7) is 6.77. The fourth-order valence-electron chi connectivity index (χ4n) is 3.23. The number of hydrogen-bond donors (Lipinski definition) is 1. The molecule has 146 valence electrons. The Morgan fingerprint density at radius 2 is 1.20 bits per heavy atom. The normalized spacial score (nSPS) is 10.5. The van der Waals surface area contributed by atoms with Gasteiger partial charge in [0, 0.05) is 24.8 Å². The van der Waals surface area contributed by atoms with Crippen molar-refractivity contribution in [3.05, 3.63) is 24.3 Å². The second-order valence-corrected chi connectivity index (χ2v) is 7.04. The van der Waals surface area contributed by atoms with E-state index in [-0.39, 0.29) is 12.4 Å². The molecule has 0 aromatic heterocycles. The molecular weight excluding hydrogens is 330 g/mol. The van der Waals surface area contributed by atoms with Gasteiger partial charge in [0.2, 0.25) is 0 Å². The van der Waals surface area contributed by atoms with E-state index < -0.39 is 0 Å².